The number of carbonyl (C=O) groups is 2. The monoisotopic (exact) mass is 513 g/mol. The molecule has 3 N–H and O–H groups in total. The average molecular weight is 514 g/mol. The lowest BCUT2D eigenvalue weighted by molar-refractivity contribution is -0.192. The third-order valence-corrected chi connectivity index (χ3v) is 4.81. The Hall–Kier alpha value is -3.11. The van der Waals surface area contributed by atoms with E-state index in [1.807, 2.05) is 30.3 Å². The molecular weight excluding hydrogens is 479 g/mol. The molecule has 2 aromatic carbocycles. The van der Waals surface area contributed by atoms with Crippen LogP contribution in [0.5, 0.6) is 5.75 Å². The number of carboxylic acid groups (broad SMARTS) is 2. The van der Waals surface area contributed by atoms with Crippen LogP contribution in [0.3, 0.4) is 0 Å². The first-order chi connectivity index (χ1) is 17.2. The fourth-order valence-corrected chi connectivity index (χ4v) is 2.93. The molecule has 0 saturated heterocycles. The number of rotatable bonds is 16. The maximum absolute atomic E-state index is 10.6. The van der Waals surface area contributed by atoms with Crippen molar-refractivity contribution in [2.75, 3.05) is 26.3 Å². The second-order valence-corrected chi connectivity index (χ2v) is 7.89. The molecular formula is C26H34F3NO6. The van der Waals surface area contributed by atoms with Gasteiger partial charge in [-0.15, -0.1) is 0 Å². The summed E-state index contributed by atoms with van der Waals surface area (Å²) in [6.07, 6.45) is 0.234. The van der Waals surface area contributed by atoms with Crippen molar-refractivity contribution in [2.45, 2.75) is 51.3 Å². The highest BCUT2D eigenvalue weighted by Crippen LogP contribution is 2.14. The summed E-state index contributed by atoms with van der Waals surface area (Å²) in [5.74, 6) is -2.61. The molecule has 2 aromatic rings. The molecule has 2 rings (SSSR count). The zero-order valence-electron chi connectivity index (χ0n) is 20.1. The predicted molar refractivity (Wildman–Crippen MR) is 129 cm³/mol. The number of aliphatic carboxylic acids is 2. The maximum Gasteiger partial charge on any atom is 0.490 e. The van der Waals surface area contributed by atoms with Crippen LogP contribution in [0.4, 0.5) is 13.2 Å². The quantitative estimate of drug-likeness (QED) is 0.269. The Morgan fingerprint density at radius 1 is 0.806 bits per heavy atom. The van der Waals surface area contributed by atoms with Gasteiger partial charge in [0.05, 0.1) is 19.6 Å². The summed E-state index contributed by atoms with van der Waals surface area (Å²) in [5, 5.41) is 18.9. The second kappa shape index (κ2) is 18.2. The summed E-state index contributed by atoms with van der Waals surface area (Å²) < 4.78 is 43.2. The summed E-state index contributed by atoms with van der Waals surface area (Å²) in [4.78, 5) is 19.3. The van der Waals surface area contributed by atoms with Crippen LogP contribution in [0, 0.1) is 0 Å². The SMILES string of the molecule is O=C(O)C(F)(F)F.O=C(O)CCNCCCc1ccc(OCCCCCOCc2ccccc2)cc1. The maximum atomic E-state index is 10.6. The van der Waals surface area contributed by atoms with E-state index >= 15 is 0 Å². The molecule has 0 heterocycles. The van der Waals surface area contributed by atoms with E-state index in [1.54, 1.807) is 0 Å². The van der Waals surface area contributed by atoms with Crippen LogP contribution in [0.1, 0.15) is 43.2 Å². The zero-order chi connectivity index (χ0) is 26.7. The number of hydrogen-bond acceptors (Lipinski definition) is 5. The predicted octanol–water partition coefficient (Wildman–Crippen LogP) is 5.08. The third-order valence-electron chi connectivity index (χ3n) is 4.81. The first kappa shape index (κ1) is 30.9. The van der Waals surface area contributed by atoms with E-state index in [0.29, 0.717) is 13.2 Å². The van der Waals surface area contributed by atoms with Crippen molar-refractivity contribution in [3.63, 3.8) is 0 Å². The van der Waals surface area contributed by atoms with Gasteiger partial charge in [-0.2, -0.15) is 13.2 Å². The topological polar surface area (TPSA) is 105 Å². The molecule has 0 amide bonds. The van der Waals surface area contributed by atoms with Crippen molar-refractivity contribution in [3.05, 3.63) is 65.7 Å². The van der Waals surface area contributed by atoms with E-state index in [0.717, 1.165) is 57.6 Å². The van der Waals surface area contributed by atoms with Crippen LogP contribution >= 0.6 is 0 Å². The minimum Gasteiger partial charge on any atom is -0.494 e. The van der Waals surface area contributed by atoms with Gasteiger partial charge in [-0.3, -0.25) is 4.79 Å². The average Bonchev–Trinajstić information content (AvgIpc) is 2.84. The fraction of sp³-hybridized carbons (Fsp3) is 0.462. The van der Waals surface area contributed by atoms with Gasteiger partial charge in [-0.1, -0.05) is 42.5 Å². The Balaban J connectivity index is 0.000000809. The number of alkyl halides is 3. The van der Waals surface area contributed by atoms with Gasteiger partial charge in [0, 0.05) is 13.2 Å². The molecule has 0 aliphatic heterocycles. The van der Waals surface area contributed by atoms with E-state index in [4.69, 9.17) is 24.5 Å². The summed E-state index contributed by atoms with van der Waals surface area (Å²) in [6, 6.07) is 18.5. The van der Waals surface area contributed by atoms with Crippen molar-refractivity contribution in [1.82, 2.24) is 5.32 Å². The highest BCUT2D eigenvalue weighted by atomic mass is 19.4. The fourth-order valence-electron chi connectivity index (χ4n) is 2.93. The van der Waals surface area contributed by atoms with E-state index in [2.05, 4.69) is 29.6 Å². The summed E-state index contributed by atoms with van der Waals surface area (Å²) >= 11 is 0. The van der Waals surface area contributed by atoms with Crippen LogP contribution in [0.2, 0.25) is 0 Å². The lowest BCUT2D eigenvalue weighted by Crippen LogP contribution is -2.21. The molecule has 36 heavy (non-hydrogen) atoms. The molecule has 0 aliphatic rings. The lowest BCUT2D eigenvalue weighted by Gasteiger charge is -2.08. The summed E-state index contributed by atoms with van der Waals surface area (Å²) in [5.41, 5.74) is 2.49. The number of unbranched alkanes of at least 4 members (excludes halogenated alkanes) is 2. The molecule has 7 nitrogen and oxygen atoms in total. The smallest absolute Gasteiger partial charge is 0.490 e. The van der Waals surface area contributed by atoms with Crippen LogP contribution < -0.4 is 10.1 Å². The number of halogens is 3. The number of aryl methyl sites for hydroxylation is 1. The Morgan fingerprint density at radius 3 is 2.06 bits per heavy atom. The number of hydrogen-bond donors (Lipinski definition) is 3. The minimum absolute atomic E-state index is 0.173. The standard InChI is InChI=1S/C24H33NO4.C2HF3O2/c26-24(27)15-17-25-16-7-10-21-11-13-23(14-12-21)29-19-6-2-5-18-28-20-22-8-3-1-4-9-22;3-2(4,5)1(6)7/h1,3-4,8-9,11-14,25H,2,5-7,10,15-20H2,(H,26,27);(H,6,7). The third kappa shape index (κ3) is 16.5. The van der Waals surface area contributed by atoms with Gasteiger partial charge in [-0.05, 0) is 61.9 Å². The zero-order valence-corrected chi connectivity index (χ0v) is 20.1. The van der Waals surface area contributed by atoms with Crippen LogP contribution in [-0.4, -0.2) is 54.6 Å². The highest BCUT2D eigenvalue weighted by Gasteiger charge is 2.38. The van der Waals surface area contributed by atoms with Crippen molar-refractivity contribution >= 4 is 11.9 Å². The van der Waals surface area contributed by atoms with E-state index in [9.17, 15) is 18.0 Å². The van der Waals surface area contributed by atoms with Crippen molar-refractivity contribution < 1.29 is 42.4 Å². The minimum atomic E-state index is -5.08. The highest BCUT2D eigenvalue weighted by molar-refractivity contribution is 5.73. The molecule has 0 spiro atoms. The number of carboxylic acids is 2. The number of nitrogens with one attached hydrogen (secondary N) is 1. The molecule has 0 saturated carbocycles. The second-order valence-electron chi connectivity index (χ2n) is 7.89. The van der Waals surface area contributed by atoms with E-state index in [-0.39, 0.29) is 6.42 Å². The molecule has 0 aromatic heterocycles. The van der Waals surface area contributed by atoms with Crippen LogP contribution in [0.25, 0.3) is 0 Å². The van der Waals surface area contributed by atoms with E-state index < -0.39 is 18.1 Å². The van der Waals surface area contributed by atoms with Gasteiger partial charge in [-0.25, -0.2) is 4.79 Å². The Morgan fingerprint density at radius 2 is 1.44 bits per heavy atom. The van der Waals surface area contributed by atoms with Gasteiger partial charge in [0.25, 0.3) is 0 Å². The molecule has 0 radical (unpaired) electrons. The Labute approximate surface area is 209 Å². The largest absolute Gasteiger partial charge is 0.494 e. The van der Waals surface area contributed by atoms with Crippen molar-refractivity contribution in [1.29, 1.82) is 0 Å². The van der Waals surface area contributed by atoms with Gasteiger partial charge in [0.2, 0.25) is 0 Å². The molecule has 0 aliphatic carbocycles. The van der Waals surface area contributed by atoms with Crippen molar-refractivity contribution in [3.8, 4) is 5.75 Å². The van der Waals surface area contributed by atoms with Gasteiger partial charge in [0.1, 0.15) is 5.75 Å². The van der Waals surface area contributed by atoms with Crippen molar-refractivity contribution in [2.24, 2.45) is 0 Å². The molecule has 200 valence electrons. The Kier molecular flexibility index (Phi) is 15.6. The van der Waals surface area contributed by atoms with Crippen LogP contribution in [-0.2, 0) is 27.4 Å². The van der Waals surface area contributed by atoms with Gasteiger partial charge < -0.3 is 25.0 Å². The lowest BCUT2D eigenvalue weighted by atomic mass is 10.1. The molecule has 0 fully saturated rings. The first-order valence-electron chi connectivity index (χ1n) is 11.7. The molecule has 0 bridgehead atoms. The molecule has 0 atom stereocenters. The summed E-state index contributed by atoms with van der Waals surface area (Å²) in [7, 11) is 0. The first-order valence-corrected chi connectivity index (χ1v) is 11.7. The normalized spacial score (nSPS) is 10.9. The van der Waals surface area contributed by atoms with E-state index in [1.165, 1.54) is 11.1 Å². The van der Waals surface area contributed by atoms with Gasteiger partial charge in [0.15, 0.2) is 0 Å². The number of benzene rings is 2. The number of ether oxygens (including phenoxy) is 2. The van der Waals surface area contributed by atoms with Gasteiger partial charge >= 0.3 is 18.1 Å². The molecule has 0 unspecified atom stereocenters. The Bertz CT molecular complexity index is 860. The summed E-state index contributed by atoms with van der Waals surface area (Å²) in [6.45, 7) is 3.56. The van der Waals surface area contributed by atoms with Crippen LogP contribution in [0.15, 0.2) is 54.6 Å². The molecule has 10 heteroatoms.